The number of allylic oxidation sites excluding steroid dienone is 2. The third kappa shape index (κ3) is 5.24. The summed E-state index contributed by atoms with van der Waals surface area (Å²) in [5.74, 6) is 0. The highest BCUT2D eigenvalue weighted by atomic mass is 16.5. The van der Waals surface area contributed by atoms with Gasteiger partial charge in [-0.05, 0) is 11.1 Å². The zero-order valence-corrected chi connectivity index (χ0v) is 13.1. The van der Waals surface area contributed by atoms with Gasteiger partial charge in [-0.2, -0.15) is 9.13 Å². The summed E-state index contributed by atoms with van der Waals surface area (Å²) < 4.78 is 14.1. The fourth-order valence-corrected chi connectivity index (χ4v) is 1.96. The van der Waals surface area contributed by atoms with Crippen molar-refractivity contribution < 1.29 is 18.6 Å². The molecule has 4 nitrogen and oxygen atoms in total. The van der Waals surface area contributed by atoms with Crippen LogP contribution in [0.25, 0.3) is 12.2 Å². The number of hydrogen-bond acceptors (Lipinski definition) is 2. The summed E-state index contributed by atoms with van der Waals surface area (Å²) in [7, 11) is 3.37. The first-order valence-electron chi connectivity index (χ1n) is 7.12. The molecule has 2 aromatic rings. The van der Waals surface area contributed by atoms with E-state index in [0.29, 0.717) is 13.5 Å². The normalized spacial score (nSPS) is 11.5. The van der Waals surface area contributed by atoms with Crippen LogP contribution >= 0.6 is 0 Å². The van der Waals surface area contributed by atoms with Crippen molar-refractivity contribution in [2.45, 2.75) is 13.5 Å². The predicted octanol–water partition coefficient (Wildman–Crippen LogP) is 2.20. The van der Waals surface area contributed by atoms with Crippen molar-refractivity contribution in [3.63, 3.8) is 0 Å². The van der Waals surface area contributed by atoms with Crippen LogP contribution in [0.2, 0.25) is 0 Å². The minimum atomic E-state index is 0.570. The zero-order chi connectivity index (χ0) is 15.6. The summed E-state index contributed by atoms with van der Waals surface area (Å²) in [6, 6.07) is 8.22. The molecule has 0 saturated heterocycles. The highest BCUT2D eigenvalue weighted by Gasteiger charge is 1.97. The maximum atomic E-state index is 5.06. The summed E-state index contributed by atoms with van der Waals surface area (Å²) in [5.41, 5.74) is 2.31. The van der Waals surface area contributed by atoms with E-state index in [-0.39, 0.29) is 0 Å². The highest BCUT2D eigenvalue weighted by molar-refractivity contribution is 5.55. The monoisotopic (exact) mass is 298 g/mol. The summed E-state index contributed by atoms with van der Waals surface area (Å²) in [6.45, 7) is 1.14. The molecule has 0 amide bonds. The zero-order valence-electron chi connectivity index (χ0n) is 13.1. The topological polar surface area (TPSA) is 26.2 Å². The summed E-state index contributed by atoms with van der Waals surface area (Å²) in [4.78, 5) is 0. The van der Waals surface area contributed by atoms with Gasteiger partial charge in [0, 0.05) is 38.5 Å². The summed E-state index contributed by atoms with van der Waals surface area (Å²) in [5, 5.41) is 0. The molecule has 0 unspecified atom stereocenters. The molecular formula is C18H22N2O2+2. The molecule has 0 fully saturated rings. The molecule has 4 heteroatoms. The molecule has 0 N–H and O–H groups in total. The molecule has 0 aliphatic rings. The van der Waals surface area contributed by atoms with Gasteiger partial charge in [-0.3, -0.25) is 0 Å². The van der Waals surface area contributed by atoms with Crippen molar-refractivity contribution in [2.24, 2.45) is 0 Å². The van der Waals surface area contributed by atoms with Crippen LogP contribution in [-0.4, -0.2) is 14.2 Å². The second kappa shape index (κ2) is 8.87. The number of ether oxygens (including phenoxy) is 2. The summed E-state index contributed by atoms with van der Waals surface area (Å²) in [6.07, 6.45) is 16.2. The van der Waals surface area contributed by atoms with Crippen molar-refractivity contribution in [1.82, 2.24) is 0 Å². The van der Waals surface area contributed by atoms with Crippen LogP contribution in [0, 0.1) is 0 Å². The third-order valence-corrected chi connectivity index (χ3v) is 3.08. The molecule has 0 radical (unpaired) electrons. The van der Waals surface area contributed by atoms with Crippen LogP contribution in [0.15, 0.2) is 61.2 Å². The van der Waals surface area contributed by atoms with Gasteiger partial charge >= 0.3 is 0 Å². The Morgan fingerprint density at radius 2 is 1.09 bits per heavy atom. The van der Waals surface area contributed by atoms with Gasteiger partial charge in [-0.15, -0.1) is 0 Å². The van der Waals surface area contributed by atoms with Crippen molar-refractivity contribution in [3.8, 4) is 0 Å². The van der Waals surface area contributed by atoms with Crippen LogP contribution in [-0.2, 0) is 22.9 Å². The quantitative estimate of drug-likeness (QED) is 0.578. The first kappa shape index (κ1) is 16.1. The average molecular weight is 298 g/mol. The lowest BCUT2D eigenvalue weighted by Crippen LogP contribution is -2.33. The van der Waals surface area contributed by atoms with E-state index in [1.54, 1.807) is 14.2 Å². The van der Waals surface area contributed by atoms with E-state index in [9.17, 15) is 0 Å². The molecule has 0 aliphatic heterocycles. The molecule has 2 aromatic heterocycles. The van der Waals surface area contributed by atoms with Crippen molar-refractivity contribution in [3.05, 3.63) is 72.3 Å². The van der Waals surface area contributed by atoms with Crippen LogP contribution in [0.4, 0.5) is 0 Å². The predicted molar refractivity (Wildman–Crippen MR) is 85.4 cm³/mol. The van der Waals surface area contributed by atoms with Crippen LogP contribution in [0.5, 0.6) is 0 Å². The van der Waals surface area contributed by atoms with E-state index in [2.05, 4.69) is 36.4 Å². The molecule has 114 valence electrons. The van der Waals surface area contributed by atoms with E-state index >= 15 is 0 Å². The fourth-order valence-electron chi connectivity index (χ4n) is 1.96. The minimum Gasteiger partial charge on any atom is -0.327 e. The first-order valence-corrected chi connectivity index (χ1v) is 7.12. The maximum absolute atomic E-state index is 5.06. The standard InChI is InChI=1S/C18H22N2O2/c1-21-15-19-11-7-17(8-12-19)5-3-4-6-18-9-13-20(14-10-18)16-22-2/h3-14H,15-16H2,1-2H3/q+2/b5-3+,6-4+. The molecule has 0 bridgehead atoms. The van der Waals surface area contributed by atoms with E-state index in [0.717, 1.165) is 11.1 Å². The smallest absolute Gasteiger partial charge is 0.252 e. The van der Waals surface area contributed by atoms with Gasteiger partial charge in [0.15, 0.2) is 24.8 Å². The maximum Gasteiger partial charge on any atom is 0.252 e. The Morgan fingerprint density at radius 1 is 0.727 bits per heavy atom. The Morgan fingerprint density at radius 3 is 1.41 bits per heavy atom. The lowest BCUT2D eigenvalue weighted by molar-refractivity contribution is -0.731. The van der Waals surface area contributed by atoms with E-state index in [1.165, 1.54) is 0 Å². The average Bonchev–Trinajstić information content (AvgIpc) is 2.55. The molecule has 2 heterocycles. The second-order valence-electron chi connectivity index (χ2n) is 4.85. The molecule has 0 atom stereocenters. The lowest BCUT2D eigenvalue weighted by atomic mass is 10.2. The SMILES string of the molecule is COC[n+]1ccc(/C=C/C=C/c2cc[n+](COC)cc2)cc1. The van der Waals surface area contributed by atoms with E-state index < -0.39 is 0 Å². The van der Waals surface area contributed by atoms with Gasteiger partial charge in [0.05, 0.1) is 0 Å². The lowest BCUT2D eigenvalue weighted by Gasteiger charge is -1.95. The molecule has 0 aliphatic carbocycles. The van der Waals surface area contributed by atoms with Gasteiger partial charge in [-0.25, -0.2) is 0 Å². The molecular weight excluding hydrogens is 276 g/mol. The Bertz CT molecular complexity index is 559. The van der Waals surface area contributed by atoms with Gasteiger partial charge in [0.25, 0.3) is 13.5 Å². The fraction of sp³-hybridized carbons (Fsp3) is 0.222. The Balaban J connectivity index is 1.90. The second-order valence-corrected chi connectivity index (χ2v) is 4.85. The number of methoxy groups -OCH3 is 2. The largest absolute Gasteiger partial charge is 0.327 e. The Hall–Kier alpha value is -2.30. The number of aromatic nitrogens is 2. The van der Waals surface area contributed by atoms with Gasteiger partial charge in [0.2, 0.25) is 0 Å². The van der Waals surface area contributed by atoms with Gasteiger partial charge < -0.3 is 9.47 Å². The highest BCUT2D eigenvalue weighted by Crippen LogP contribution is 2.02. The van der Waals surface area contributed by atoms with Crippen molar-refractivity contribution in [1.29, 1.82) is 0 Å². The van der Waals surface area contributed by atoms with Gasteiger partial charge in [0.1, 0.15) is 0 Å². The van der Waals surface area contributed by atoms with Crippen LogP contribution in [0.3, 0.4) is 0 Å². The van der Waals surface area contributed by atoms with Crippen LogP contribution in [0.1, 0.15) is 11.1 Å². The van der Waals surface area contributed by atoms with E-state index in [4.69, 9.17) is 9.47 Å². The van der Waals surface area contributed by atoms with Crippen molar-refractivity contribution >= 4 is 12.2 Å². The Labute approximate surface area is 131 Å². The number of pyridine rings is 2. The number of rotatable bonds is 7. The minimum absolute atomic E-state index is 0.570. The van der Waals surface area contributed by atoms with E-state index in [1.807, 2.05) is 46.1 Å². The third-order valence-electron chi connectivity index (χ3n) is 3.08. The molecule has 2 rings (SSSR count). The van der Waals surface area contributed by atoms with Crippen molar-refractivity contribution in [2.75, 3.05) is 14.2 Å². The number of nitrogens with zero attached hydrogens (tertiary/aromatic N) is 2. The summed E-state index contributed by atoms with van der Waals surface area (Å²) >= 11 is 0. The molecule has 22 heavy (non-hydrogen) atoms. The van der Waals surface area contributed by atoms with Crippen LogP contribution < -0.4 is 9.13 Å². The first-order chi connectivity index (χ1) is 10.8. The molecule has 0 spiro atoms. The number of hydrogen-bond donors (Lipinski definition) is 0. The van der Waals surface area contributed by atoms with Gasteiger partial charge in [-0.1, -0.05) is 24.3 Å². The molecule has 0 aromatic carbocycles. The molecule has 0 saturated carbocycles. The Kier molecular flexibility index (Phi) is 6.48.